The minimum atomic E-state index is -5.01. The average molecular weight is 1130 g/mol. The van der Waals surface area contributed by atoms with E-state index < -0.39 is 82.3 Å². The molecule has 424 valence electrons. The van der Waals surface area contributed by atoms with Gasteiger partial charge in [0.15, 0.2) is 0 Å². The van der Waals surface area contributed by atoms with Crippen molar-refractivity contribution < 1.29 is 51.2 Å². The molecule has 5 amide bonds. The lowest BCUT2D eigenvalue weighted by molar-refractivity contribution is -0.141. The SMILES string of the molecule is Cc1cc(C(C(=O)N2C[C@H](O)C[C@H]2C(=O)NC(CC(=O)NCCCNC(=O)c2ccc(-c3ccc(N4C[C@@H](C)N(C)[C@@H](C)C4)c(NC(=O)c4c[nH]c(=O)cc4C(F)(F)F)c3)c(F)c2)c2ccc(-c3scnc3C)cc2)C(C)C)on1. The summed E-state index contributed by atoms with van der Waals surface area (Å²) in [6.45, 7) is 12.5. The number of thiazole rings is 1. The van der Waals surface area contributed by atoms with Crippen LogP contribution in [0, 0.1) is 25.6 Å². The van der Waals surface area contributed by atoms with Crippen LogP contribution in [0.4, 0.5) is 28.9 Å². The number of rotatable bonds is 18. The number of aryl methyl sites for hydroxylation is 2. The first-order valence-electron chi connectivity index (χ1n) is 26.3. The van der Waals surface area contributed by atoms with Gasteiger partial charge in [0.2, 0.25) is 23.3 Å². The Hall–Kier alpha value is -7.76. The minimum Gasteiger partial charge on any atom is -0.391 e. The summed E-state index contributed by atoms with van der Waals surface area (Å²) in [5, 5.41) is 25.9. The number of carbonyl (C=O) groups excluding carboxylic acids is 5. The van der Waals surface area contributed by atoms with E-state index in [1.165, 1.54) is 34.4 Å². The van der Waals surface area contributed by atoms with Crippen molar-refractivity contribution in [1.82, 2.24) is 40.9 Å². The number of amides is 5. The number of nitrogens with zero attached hydrogens (tertiary/aromatic N) is 5. The maximum atomic E-state index is 16.0. The Balaban J connectivity index is 0.914. The highest BCUT2D eigenvalue weighted by Crippen LogP contribution is 2.38. The molecule has 23 heteroatoms. The zero-order valence-corrected chi connectivity index (χ0v) is 46.1. The number of benzene rings is 3. The van der Waals surface area contributed by atoms with Gasteiger partial charge in [0.1, 0.15) is 23.5 Å². The van der Waals surface area contributed by atoms with E-state index in [1.807, 2.05) is 70.8 Å². The largest absolute Gasteiger partial charge is 0.417 e. The van der Waals surface area contributed by atoms with Crippen LogP contribution in [-0.4, -0.2) is 124 Å². The van der Waals surface area contributed by atoms with Gasteiger partial charge in [-0.15, -0.1) is 11.3 Å². The fourth-order valence-electron chi connectivity index (χ4n) is 10.2. The third kappa shape index (κ3) is 13.4. The number of aromatic nitrogens is 3. The summed E-state index contributed by atoms with van der Waals surface area (Å²) in [4.78, 5) is 93.7. The number of aliphatic hydroxyl groups excluding tert-OH is 1. The molecule has 2 aliphatic heterocycles. The highest BCUT2D eigenvalue weighted by atomic mass is 32.1. The van der Waals surface area contributed by atoms with Crippen LogP contribution in [0.3, 0.4) is 0 Å². The van der Waals surface area contributed by atoms with E-state index in [1.54, 1.807) is 30.6 Å². The smallest absolute Gasteiger partial charge is 0.391 e. The molecule has 3 aromatic heterocycles. The summed E-state index contributed by atoms with van der Waals surface area (Å²) in [6.07, 6.45) is -5.23. The molecule has 6 aromatic rings. The molecule has 2 saturated heterocycles. The molecule has 8 rings (SSSR count). The van der Waals surface area contributed by atoms with E-state index in [9.17, 15) is 47.0 Å². The number of nitrogens with one attached hydrogen (secondary N) is 5. The molecule has 6 atom stereocenters. The lowest BCUT2D eigenvalue weighted by atomic mass is 9.91. The van der Waals surface area contributed by atoms with E-state index >= 15 is 4.39 Å². The van der Waals surface area contributed by atoms with Crippen LogP contribution >= 0.6 is 11.3 Å². The van der Waals surface area contributed by atoms with Crippen molar-refractivity contribution in [3.63, 3.8) is 0 Å². The van der Waals surface area contributed by atoms with Gasteiger partial charge in [-0.3, -0.25) is 33.7 Å². The molecule has 0 bridgehead atoms. The van der Waals surface area contributed by atoms with Crippen LogP contribution in [-0.2, 0) is 20.6 Å². The lowest BCUT2D eigenvalue weighted by Gasteiger charge is -2.44. The Kier molecular flexibility index (Phi) is 18.0. The van der Waals surface area contributed by atoms with Crippen LogP contribution in [0.25, 0.3) is 21.6 Å². The van der Waals surface area contributed by atoms with Gasteiger partial charge in [0, 0.05) is 80.7 Å². The van der Waals surface area contributed by atoms with Gasteiger partial charge in [-0.1, -0.05) is 55.4 Å². The number of alkyl halides is 3. The number of aliphatic hydroxyl groups is 1. The first-order valence-corrected chi connectivity index (χ1v) is 27.1. The highest BCUT2D eigenvalue weighted by molar-refractivity contribution is 7.13. The zero-order chi connectivity index (χ0) is 57.7. The second-order valence-corrected chi connectivity index (χ2v) is 21.7. The van der Waals surface area contributed by atoms with E-state index in [0.717, 1.165) is 22.2 Å². The van der Waals surface area contributed by atoms with Gasteiger partial charge < -0.3 is 45.7 Å². The molecular formula is C57H64F4N10O8S. The molecule has 2 unspecified atom stereocenters. The quantitative estimate of drug-likeness (QED) is 0.0361. The van der Waals surface area contributed by atoms with Crippen LogP contribution in [0.5, 0.6) is 0 Å². The number of aromatic amines is 1. The van der Waals surface area contributed by atoms with Crippen molar-refractivity contribution in [2.24, 2.45) is 5.92 Å². The van der Waals surface area contributed by atoms with Crippen LogP contribution < -0.4 is 31.7 Å². The fourth-order valence-corrected chi connectivity index (χ4v) is 11.1. The maximum absolute atomic E-state index is 16.0. The molecule has 0 spiro atoms. The Bertz CT molecular complexity index is 3300. The number of anilines is 2. The van der Waals surface area contributed by atoms with Gasteiger partial charge in [0.25, 0.3) is 11.8 Å². The molecule has 2 aliphatic rings. The van der Waals surface area contributed by atoms with Crippen molar-refractivity contribution >= 4 is 52.2 Å². The van der Waals surface area contributed by atoms with E-state index in [4.69, 9.17) is 4.52 Å². The molecule has 0 aliphatic carbocycles. The van der Waals surface area contributed by atoms with Gasteiger partial charge >= 0.3 is 6.18 Å². The number of β-amino-alcohol motifs (C(OH)–C–C–N with tert-alkyl or cyclic N) is 1. The number of hydrogen-bond acceptors (Lipinski definition) is 13. The molecule has 80 heavy (non-hydrogen) atoms. The molecule has 2 fully saturated rings. The third-order valence-corrected chi connectivity index (χ3v) is 15.7. The van der Waals surface area contributed by atoms with Gasteiger partial charge in [-0.25, -0.2) is 9.37 Å². The Morgan fingerprint density at radius 2 is 1.60 bits per heavy atom. The standard InChI is InChI=1S/C57H64F4N10O8S/c1-30(2)51(48-19-31(3)68-79-48)56(78)71-28-39(72)22-47(71)55(77)66-44(35-9-11-36(12-10-35)52-34(6)65-29-80-52)24-50(74)62-17-8-18-63-53(75)38-13-15-40(43(58)20-38)37-14-16-46(70-26-32(4)69(7)33(5)27-70)45(21-37)67-54(76)41-25-64-49(73)23-42(41)57(59,60)61/h9-16,19-21,23,25,29-30,32-33,39,44,47,51,72H,8,17-18,22,24,26-28H2,1-7H3,(H,62,74)(H,63,75)(H,64,73)(H,66,77)(H,67,76)/t32-,33+,39-,44?,47+,51?/m1/s1. The summed E-state index contributed by atoms with van der Waals surface area (Å²) < 4.78 is 63.6. The van der Waals surface area contributed by atoms with Crippen molar-refractivity contribution in [1.29, 1.82) is 0 Å². The number of likely N-dealkylation sites (N-methyl/N-ethyl adjacent to an activating group) is 1. The number of likely N-dealkylation sites (tertiary alicyclic amines) is 1. The first kappa shape index (κ1) is 58.4. The number of piperazine rings is 1. The second-order valence-electron chi connectivity index (χ2n) is 20.9. The topological polar surface area (TPSA) is 235 Å². The fraction of sp³-hybridized carbons (Fsp3) is 0.404. The number of hydrogen-bond donors (Lipinski definition) is 6. The maximum Gasteiger partial charge on any atom is 0.417 e. The summed E-state index contributed by atoms with van der Waals surface area (Å²) in [5.74, 6) is -4.55. The second kappa shape index (κ2) is 24.7. The van der Waals surface area contributed by atoms with Gasteiger partial charge in [0.05, 0.1) is 62.8 Å². The number of pyridine rings is 1. The molecule has 6 N–H and O–H groups in total. The summed E-state index contributed by atoms with van der Waals surface area (Å²) in [5.41, 5.74) is 2.29. The number of carbonyl (C=O) groups is 5. The Morgan fingerprint density at radius 1 is 0.900 bits per heavy atom. The average Bonchev–Trinajstić information content (AvgIpc) is 4.16. The number of halogens is 4. The molecule has 0 saturated carbocycles. The van der Waals surface area contributed by atoms with Crippen LogP contribution in [0.2, 0.25) is 0 Å². The summed E-state index contributed by atoms with van der Waals surface area (Å²) >= 11 is 1.48. The molecule has 18 nitrogen and oxygen atoms in total. The molecular weight excluding hydrogens is 1060 g/mol. The molecule has 0 radical (unpaired) electrons. The van der Waals surface area contributed by atoms with Crippen molar-refractivity contribution in [2.75, 3.05) is 50.0 Å². The summed E-state index contributed by atoms with van der Waals surface area (Å²) in [6, 6.07) is 16.1. The predicted octanol–water partition coefficient (Wildman–Crippen LogP) is 7.59. The van der Waals surface area contributed by atoms with Crippen LogP contribution in [0.15, 0.2) is 93.8 Å². The minimum absolute atomic E-state index is 0.0171. The van der Waals surface area contributed by atoms with Crippen LogP contribution in [0.1, 0.15) is 108 Å². The lowest BCUT2D eigenvalue weighted by Crippen LogP contribution is -2.55. The highest BCUT2D eigenvalue weighted by Gasteiger charge is 2.44. The van der Waals surface area contributed by atoms with Crippen molar-refractivity contribution in [3.8, 4) is 21.6 Å². The molecule has 5 heterocycles. The Labute approximate surface area is 463 Å². The summed E-state index contributed by atoms with van der Waals surface area (Å²) in [7, 11) is 1.98. The first-order chi connectivity index (χ1) is 38.0. The normalized spacial score (nSPS) is 18.5. The number of H-pyrrole nitrogens is 1. The van der Waals surface area contributed by atoms with E-state index in [2.05, 4.69) is 41.3 Å². The van der Waals surface area contributed by atoms with Crippen molar-refractivity contribution in [3.05, 3.63) is 140 Å². The van der Waals surface area contributed by atoms with Gasteiger partial charge in [-0.05, 0) is 88.0 Å². The monoisotopic (exact) mass is 1120 g/mol. The Morgan fingerprint density at radius 3 is 2.24 bits per heavy atom. The van der Waals surface area contributed by atoms with E-state index in [0.29, 0.717) is 48.1 Å². The van der Waals surface area contributed by atoms with E-state index in [-0.39, 0.29) is 79.3 Å². The third-order valence-electron chi connectivity index (χ3n) is 14.7. The predicted molar refractivity (Wildman–Crippen MR) is 293 cm³/mol. The zero-order valence-electron chi connectivity index (χ0n) is 45.2. The molecule has 3 aromatic carbocycles. The van der Waals surface area contributed by atoms with Crippen molar-refractivity contribution in [2.45, 2.75) is 103 Å². The van der Waals surface area contributed by atoms with Gasteiger partial charge in [-0.2, -0.15) is 13.2 Å².